The van der Waals surface area contributed by atoms with Crippen molar-refractivity contribution >= 4 is 16.7 Å². The van der Waals surface area contributed by atoms with Gasteiger partial charge in [0, 0.05) is 38.2 Å². The summed E-state index contributed by atoms with van der Waals surface area (Å²) in [5.41, 5.74) is 0. The van der Waals surface area contributed by atoms with Gasteiger partial charge in [0.1, 0.15) is 5.82 Å². The minimum Gasteiger partial charge on any atom is -0.384 e. The number of hydrogen-bond acceptors (Lipinski definition) is 6. The van der Waals surface area contributed by atoms with Crippen LogP contribution in [0.4, 0.5) is 5.13 Å². The Balaban J connectivity index is 1.80. The lowest BCUT2D eigenvalue weighted by molar-refractivity contribution is 0.108. The number of hydrogen-bond donors (Lipinski definition) is 1. The molecule has 2 rings (SSSR count). The predicted octanol–water partition coefficient (Wildman–Crippen LogP) is 1.71. The van der Waals surface area contributed by atoms with Gasteiger partial charge < -0.3 is 14.8 Å². The van der Waals surface area contributed by atoms with Gasteiger partial charge in [-0.2, -0.15) is 4.37 Å². The SMILES string of the molecule is COCCc1nsc(NC2CCC(OC)C2)n1. The van der Waals surface area contributed by atoms with Gasteiger partial charge >= 0.3 is 0 Å². The van der Waals surface area contributed by atoms with Crippen LogP contribution >= 0.6 is 11.5 Å². The number of rotatable bonds is 6. The molecule has 5 nitrogen and oxygen atoms in total. The van der Waals surface area contributed by atoms with Gasteiger partial charge in [-0.3, -0.25) is 0 Å². The first-order chi connectivity index (χ1) is 8.31. The fourth-order valence-electron chi connectivity index (χ4n) is 2.07. The summed E-state index contributed by atoms with van der Waals surface area (Å²) in [6.45, 7) is 0.672. The molecule has 1 aliphatic carbocycles. The number of nitrogens with zero attached hydrogens (tertiary/aromatic N) is 2. The summed E-state index contributed by atoms with van der Waals surface area (Å²) >= 11 is 1.43. The van der Waals surface area contributed by atoms with E-state index in [1.807, 2.05) is 0 Å². The highest BCUT2D eigenvalue weighted by Gasteiger charge is 2.24. The van der Waals surface area contributed by atoms with Gasteiger partial charge in [-0.1, -0.05) is 0 Å². The van der Waals surface area contributed by atoms with E-state index in [2.05, 4.69) is 14.7 Å². The topological polar surface area (TPSA) is 56.3 Å². The molecule has 0 spiro atoms. The lowest BCUT2D eigenvalue weighted by Crippen LogP contribution is -2.17. The van der Waals surface area contributed by atoms with Crippen LogP contribution in [0.25, 0.3) is 0 Å². The third-order valence-electron chi connectivity index (χ3n) is 3.04. The zero-order valence-corrected chi connectivity index (χ0v) is 11.1. The lowest BCUT2D eigenvalue weighted by atomic mass is 10.2. The molecular formula is C11H19N3O2S. The van der Waals surface area contributed by atoms with E-state index in [0.29, 0.717) is 18.8 Å². The molecule has 1 heterocycles. The van der Waals surface area contributed by atoms with Crippen LogP contribution in [0, 0.1) is 0 Å². The highest BCUT2D eigenvalue weighted by molar-refractivity contribution is 7.09. The third-order valence-corrected chi connectivity index (χ3v) is 3.73. The second kappa shape index (κ2) is 6.28. The van der Waals surface area contributed by atoms with Crippen molar-refractivity contribution in [3.05, 3.63) is 5.82 Å². The first-order valence-electron chi connectivity index (χ1n) is 5.92. The Bertz CT molecular complexity index is 345. The van der Waals surface area contributed by atoms with E-state index in [4.69, 9.17) is 9.47 Å². The Morgan fingerprint density at radius 3 is 3.00 bits per heavy atom. The molecule has 0 amide bonds. The normalized spacial score (nSPS) is 24.1. The number of ether oxygens (including phenoxy) is 2. The van der Waals surface area contributed by atoms with Crippen LogP contribution in [-0.4, -0.2) is 42.3 Å². The molecule has 0 aliphatic heterocycles. The van der Waals surface area contributed by atoms with Crippen LogP contribution in [0.15, 0.2) is 0 Å². The Morgan fingerprint density at radius 1 is 1.41 bits per heavy atom. The van der Waals surface area contributed by atoms with E-state index in [-0.39, 0.29) is 0 Å². The van der Waals surface area contributed by atoms with Gasteiger partial charge in [-0.05, 0) is 19.3 Å². The van der Waals surface area contributed by atoms with Gasteiger partial charge in [0.15, 0.2) is 0 Å². The van der Waals surface area contributed by atoms with Crippen LogP contribution in [-0.2, 0) is 15.9 Å². The maximum Gasteiger partial charge on any atom is 0.202 e. The summed E-state index contributed by atoms with van der Waals surface area (Å²) in [4.78, 5) is 4.44. The summed E-state index contributed by atoms with van der Waals surface area (Å²) in [5.74, 6) is 0.862. The minimum atomic E-state index is 0.397. The fourth-order valence-corrected chi connectivity index (χ4v) is 2.76. The molecule has 1 aromatic heterocycles. The lowest BCUT2D eigenvalue weighted by Gasteiger charge is -2.10. The Labute approximate surface area is 106 Å². The second-order valence-electron chi connectivity index (χ2n) is 4.27. The molecule has 0 aromatic carbocycles. The van der Waals surface area contributed by atoms with E-state index < -0.39 is 0 Å². The van der Waals surface area contributed by atoms with Crippen molar-refractivity contribution < 1.29 is 9.47 Å². The molecule has 1 N–H and O–H groups in total. The van der Waals surface area contributed by atoms with E-state index in [1.165, 1.54) is 11.5 Å². The first kappa shape index (κ1) is 12.7. The van der Waals surface area contributed by atoms with Gasteiger partial charge in [0.2, 0.25) is 5.13 Å². The van der Waals surface area contributed by atoms with Crippen LogP contribution < -0.4 is 5.32 Å². The molecule has 1 fully saturated rings. The van der Waals surface area contributed by atoms with Crippen molar-refractivity contribution in [1.82, 2.24) is 9.36 Å². The molecule has 2 unspecified atom stereocenters. The Kier molecular flexibility index (Phi) is 4.70. The van der Waals surface area contributed by atoms with Gasteiger partial charge in [-0.15, -0.1) is 0 Å². The van der Waals surface area contributed by atoms with Crippen LogP contribution in [0.2, 0.25) is 0 Å². The molecule has 96 valence electrons. The number of anilines is 1. The maximum atomic E-state index is 5.35. The quantitative estimate of drug-likeness (QED) is 0.840. The van der Waals surface area contributed by atoms with Crippen molar-refractivity contribution in [2.24, 2.45) is 0 Å². The van der Waals surface area contributed by atoms with Crippen LogP contribution in [0.5, 0.6) is 0 Å². The molecule has 6 heteroatoms. The first-order valence-corrected chi connectivity index (χ1v) is 6.70. The molecule has 1 saturated carbocycles. The summed E-state index contributed by atoms with van der Waals surface area (Å²) in [6.07, 6.45) is 4.51. The molecule has 0 radical (unpaired) electrons. The monoisotopic (exact) mass is 257 g/mol. The molecule has 0 saturated heterocycles. The number of aromatic nitrogens is 2. The fraction of sp³-hybridized carbons (Fsp3) is 0.818. The molecule has 2 atom stereocenters. The maximum absolute atomic E-state index is 5.35. The average Bonchev–Trinajstić information content (AvgIpc) is 2.96. The third kappa shape index (κ3) is 3.62. The van der Waals surface area contributed by atoms with Crippen LogP contribution in [0.3, 0.4) is 0 Å². The molecule has 1 aliphatic rings. The van der Waals surface area contributed by atoms with Crippen molar-refractivity contribution in [2.45, 2.75) is 37.8 Å². The second-order valence-corrected chi connectivity index (χ2v) is 5.02. The van der Waals surface area contributed by atoms with Crippen LogP contribution in [0.1, 0.15) is 25.1 Å². The zero-order chi connectivity index (χ0) is 12.1. The Morgan fingerprint density at radius 2 is 2.29 bits per heavy atom. The smallest absolute Gasteiger partial charge is 0.202 e. The van der Waals surface area contributed by atoms with E-state index >= 15 is 0 Å². The predicted molar refractivity (Wildman–Crippen MR) is 67.5 cm³/mol. The number of nitrogens with one attached hydrogen (secondary N) is 1. The highest BCUT2D eigenvalue weighted by atomic mass is 32.1. The summed E-state index contributed by atoms with van der Waals surface area (Å²) in [5, 5.41) is 4.34. The summed E-state index contributed by atoms with van der Waals surface area (Å²) < 4.78 is 14.6. The summed E-state index contributed by atoms with van der Waals surface area (Å²) in [7, 11) is 3.47. The largest absolute Gasteiger partial charge is 0.384 e. The standard InChI is InChI=1S/C11H19N3O2S/c1-15-6-5-10-13-11(17-14-10)12-8-3-4-9(7-8)16-2/h8-9H,3-7H2,1-2H3,(H,12,13,14). The van der Waals surface area contributed by atoms with E-state index in [1.54, 1.807) is 14.2 Å². The van der Waals surface area contributed by atoms with Gasteiger partial charge in [0.25, 0.3) is 0 Å². The van der Waals surface area contributed by atoms with Crippen molar-refractivity contribution in [2.75, 3.05) is 26.1 Å². The summed E-state index contributed by atoms with van der Waals surface area (Å²) in [6, 6.07) is 0.475. The molecule has 0 bridgehead atoms. The van der Waals surface area contributed by atoms with E-state index in [9.17, 15) is 0 Å². The molecule has 1 aromatic rings. The van der Waals surface area contributed by atoms with Crippen molar-refractivity contribution in [3.63, 3.8) is 0 Å². The Hall–Kier alpha value is -0.720. The van der Waals surface area contributed by atoms with Crippen molar-refractivity contribution in [3.8, 4) is 0 Å². The zero-order valence-electron chi connectivity index (χ0n) is 10.3. The molecule has 17 heavy (non-hydrogen) atoms. The van der Waals surface area contributed by atoms with E-state index in [0.717, 1.165) is 36.6 Å². The highest BCUT2D eigenvalue weighted by Crippen LogP contribution is 2.25. The average molecular weight is 257 g/mol. The van der Waals surface area contributed by atoms with Gasteiger partial charge in [-0.25, -0.2) is 4.98 Å². The number of methoxy groups -OCH3 is 2. The van der Waals surface area contributed by atoms with Gasteiger partial charge in [0.05, 0.1) is 12.7 Å². The van der Waals surface area contributed by atoms with Crippen molar-refractivity contribution in [1.29, 1.82) is 0 Å². The minimum absolute atomic E-state index is 0.397. The molecular weight excluding hydrogens is 238 g/mol.